The highest BCUT2D eigenvalue weighted by Gasteiger charge is 2.15. The first-order valence-electron chi connectivity index (χ1n) is 8.84. The van der Waals surface area contributed by atoms with Crippen molar-refractivity contribution in [2.24, 2.45) is 0 Å². The Morgan fingerprint density at radius 1 is 0.960 bits per heavy atom. The van der Waals surface area contributed by atoms with Gasteiger partial charge in [0.2, 0.25) is 11.8 Å². The second kappa shape index (κ2) is 11.2. The Bertz CT molecular complexity index is 587. The van der Waals surface area contributed by atoms with Gasteiger partial charge >= 0.3 is 0 Å². The zero-order valence-electron chi connectivity index (χ0n) is 15.4. The predicted octanol–water partition coefficient (Wildman–Crippen LogP) is 3.89. The number of carbonyl (C=O) groups is 2. The van der Waals surface area contributed by atoms with Crippen LogP contribution in [0.25, 0.3) is 0 Å². The van der Waals surface area contributed by atoms with Crippen LogP contribution in [0, 0.1) is 0 Å². The van der Waals surface area contributed by atoms with Gasteiger partial charge in [-0.15, -0.1) is 0 Å². The lowest BCUT2D eigenvalue weighted by molar-refractivity contribution is -0.118. The monoisotopic (exact) mass is 342 g/mol. The molecule has 0 radical (unpaired) electrons. The fourth-order valence-corrected chi connectivity index (χ4v) is 2.48. The van der Waals surface area contributed by atoms with E-state index in [9.17, 15) is 9.59 Å². The fourth-order valence-electron chi connectivity index (χ4n) is 2.48. The van der Waals surface area contributed by atoms with E-state index in [1.165, 1.54) is 19.3 Å². The first-order chi connectivity index (χ1) is 11.9. The molecule has 1 aromatic carbocycles. The second-order valence-corrected chi connectivity index (χ2v) is 6.54. The van der Waals surface area contributed by atoms with E-state index in [1.807, 2.05) is 30.3 Å². The summed E-state index contributed by atoms with van der Waals surface area (Å²) in [5.41, 5.74) is 2.24. The summed E-state index contributed by atoms with van der Waals surface area (Å²) in [6, 6.07) is 10.2. The summed E-state index contributed by atoms with van der Waals surface area (Å²) < 4.78 is 0. The number of rotatable bonds is 5. The normalized spacial score (nSPS) is 13.8. The Morgan fingerprint density at radius 3 is 2.04 bits per heavy atom. The van der Waals surface area contributed by atoms with Crippen LogP contribution in [-0.2, 0) is 16.1 Å². The van der Waals surface area contributed by atoms with Gasteiger partial charge in [0.1, 0.15) is 0 Å². The molecule has 1 saturated carbocycles. The molecule has 2 N–H and O–H groups in total. The van der Waals surface area contributed by atoms with E-state index in [2.05, 4.69) is 23.8 Å². The van der Waals surface area contributed by atoms with Gasteiger partial charge in [-0.1, -0.05) is 62.8 Å². The van der Waals surface area contributed by atoms with Crippen LogP contribution in [0.4, 0.5) is 0 Å². The molecule has 0 aromatic heterocycles. The van der Waals surface area contributed by atoms with Crippen LogP contribution in [0.5, 0.6) is 0 Å². The zero-order chi connectivity index (χ0) is 18.7. The molecule has 1 aliphatic rings. The molecule has 2 amide bonds. The lowest BCUT2D eigenvalue weighted by Gasteiger charge is -2.22. The van der Waals surface area contributed by atoms with Gasteiger partial charge in [-0.2, -0.15) is 0 Å². The van der Waals surface area contributed by atoms with E-state index in [-0.39, 0.29) is 11.8 Å². The van der Waals surface area contributed by atoms with Crippen molar-refractivity contribution < 1.29 is 9.59 Å². The number of nitrogens with one attached hydrogen (secondary N) is 2. The van der Waals surface area contributed by atoms with E-state index in [0.29, 0.717) is 23.7 Å². The van der Waals surface area contributed by atoms with Crippen molar-refractivity contribution in [2.45, 2.75) is 58.5 Å². The Labute approximate surface area is 151 Å². The molecule has 0 aliphatic heterocycles. The minimum absolute atomic E-state index is 0.0156. The quantitative estimate of drug-likeness (QED) is 0.798. The van der Waals surface area contributed by atoms with Crippen LogP contribution in [-0.4, -0.2) is 17.9 Å². The maximum Gasteiger partial charge on any atom is 0.246 e. The Balaban J connectivity index is 0.000000251. The topological polar surface area (TPSA) is 58.2 Å². The minimum Gasteiger partial charge on any atom is -0.350 e. The molecule has 4 heteroatoms. The van der Waals surface area contributed by atoms with E-state index in [1.54, 1.807) is 13.8 Å². The summed E-state index contributed by atoms with van der Waals surface area (Å²) >= 11 is 0. The van der Waals surface area contributed by atoms with Crippen molar-refractivity contribution in [2.75, 3.05) is 0 Å². The molecule has 2 rings (SSSR count). The highest BCUT2D eigenvalue weighted by Crippen LogP contribution is 2.17. The molecule has 136 valence electrons. The molecular weight excluding hydrogens is 312 g/mol. The largest absolute Gasteiger partial charge is 0.350 e. The first kappa shape index (κ1) is 20.7. The third-order valence-electron chi connectivity index (χ3n) is 4.01. The van der Waals surface area contributed by atoms with Gasteiger partial charge in [-0.3, -0.25) is 9.59 Å². The van der Waals surface area contributed by atoms with Gasteiger partial charge in [-0.05, 0) is 32.3 Å². The van der Waals surface area contributed by atoms with Crippen molar-refractivity contribution in [3.05, 3.63) is 60.2 Å². The molecule has 4 nitrogen and oxygen atoms in total. The molecular formula is C21H30N2O2. The molecule has 0 unspecified atom stereocenters. The lowest BCUT2D eigenvalue weighted by Crippen LogP contribution is -2.36. The molecule has 0 saturated heterocycles. The van der Waals surface area contributed by atoms with Crippen LogP contribution < -0.4 is 10.6 Å². The standard InChI is InChI=1S/C11H13NO.C10H17NO/c1-9(2)11(13)12-8-10-6-4-3-5-7-10;1-8(2)10(12)11-9-6-4-3-5-7-9/h3-7H,1,8H2,2H3,(H,12,13);9H,1,3-7H2,2H3,(H,11,12). The van der Waals surface area contributed by atoms with Crippen LogP contribution in [0.3, 0.4) is 0 Å². The number of hydrogen-bond acceptors (Lipinski definition) is 2. The van der Waals surface area contributed by atoms with Gasteiger partial charge in [0, 0.05) is 23.7 Å². The van der Waals surface area contributed by atoms with Crippen LogP contribution in [0.2, 0.25) is 0 Å². The summed E-state index contributed by atoms with van der Waals surface area (Å²) in [6.07, 6.45) is 6.10. The summed E-state index contributed by atoms with van der Waals surface area (Å²) in [4.78, 5) is 22.3. The summed E-state index contributed by atoms with van der Waals surface area (Å²) in [5.74, 6) is -0.0780. The first-order valence-corrected chi connectivity index (χ1v) is 8.84. The summed E-state index contributed by atoms with van der Waals surface area (Å²) in [7, 11) is 0. The van der Waals surface area contributed by atoms with Gasteiger partial charge < -0.3 is 10.6 Å². The zero-order valence-corrected chi connectivity index (χ0v) is 15.4. The Hall–Kier alpha value is -2.36. The molecule has 25 heavy (non-hydrogen) atoms. The molecule has 1 aliphatic carbocycles. The molecule has 0 atom stereocenters. The summed E-state index contributed by atoms with van der Waals surface area (Å²) in [6.45, 7) is 11.2. The maximum absolute atomic E-state index is 11.2. The number of amides is 2. The van der Waals surface area contributed by atoms with Crippen molar-refractivity contribution in [1.82, 2.24) is 10.6 Å². The Kier molecular flexibility index (Phi) is 9.30. The van der Waals surface area contributed by atoms with Crippen molar-refractivity contribution >= 4 is 11.8 Å². The number of carbonyl (C=O) groups excluding carboxylic acids is 2. The lowest BCUT2D eigenvalue weighted by atomic mass is 9.95. The smallest absolute Gasteiger partial charge is 0.246 e. The van der Waals surface area contributed by atoms with E-state index < -0.39 is 0 Å². The highest BCUT2D eigenvalue weighted by atomic mass is 16.2. The van der Waals surface area contributed by atoms with Crippen LogP contribution in [0.15, 0.2) is 54.6 Å². The van der Waals surface area contributed by atoms with Crippen LogP contribution in [0.1, 0.15) is 51.5 Å². The average molecular weight is 342 g/mol. The third-order valence-corrected chi connectivity index (χ3v) is 4.01. The molecule has 0 heterocycles. The van der Waals surface area contributed by atoms with E-state index in [0.717, 1.165) is 18.4 Å². The molecule has 0 spiro atoms. The fraction of sp³-hybridized carbons (Fsp3) is 0.429. The second-order valence-electron chi connectivity index (χ2n) is 6.54. The SMILES string of the molecule is C=C(C)C(=O)NC1CCCCC1.C=C(C)C(=O)NCc1ccccc1. The minimum atomic E-state index is -0.0937. The van der Waals surface area contributed by atoms with Gasteiger partial charge in [0.25, 0.3) is 0 Å². The van der Waals surface area contributed by atoms with Crippen molar-refractivity contribution in [3.63, 3.8) is 0 Å². The number of hydrogen-bond donors (Lipinski definition) is 2. The summed E-state index contributed by atoms with van der Waals surface area (Å²) in [5, 5.41) is 5.74. The highest BCUT2D eigenvalue weighted by molar-refractivity contribution is 5.92. The van der Waals surface area contributed by atoms with Crippen LogP contribution >= 0.6 is 0 Å². The molecule has 1 aromatic rings. The van der Waals surface area contributed by atoms with Crippen molar-refractivity contribution in [3.8, 4) is 0 Å². The average Bonchev–Trinajstić information content (AvgIpc) is 2.61. The van der Waals surface area contributed by atoms with Gasteiger partial charge in [0.15, 0.2) is 0 Å². The van der Waals surface area contributed by atoms with Crippen molar-refractivity contribution in [1.29, 1.82) is 0 Å². The maximum atomic E-state index is 11.2. The third kappa shape index (κ3) is 8.89. The molecule has 0 bridgehead atoms. The van der Waals surface area contributed by atoms with E-state index in [4.69, 9.17) is 0 Å². The van der Waals surface area contributed by atoms with Gasteiger partial charge in [-0.25, -0.2) is 0 Å². The predicted molar refractivity (Wildman–Crippen MR) is 103 cm³/mol. The number of benzene rings is 1. The Morgan fingerprint density at radius 2 is 1.52 bits per heavy atom. The van der Waals surface area contributed by atoms with Gasteiger partial charge in [0.05, 0.1) is 0 Å². The molecule has 1 fully saturated rings. The van der Waals surface area contributed by atoms with E-state index >= 15 is 0 Å².